The molecule has 1 fully saturated rings. The maximum absolute atomic E-state index is 12.9. The number of nitrogens with zero attached hydrogens (tertiary/aromatic N) is 1. The summed E-state index contributed by atoms with van der Waals surface area (Å²) < 4.78 is 0. The molecule has 8 heteroatoms. The smallest absolute Gasteiger partial charge is 0.325 e. The van der Waals surface area contributed by atoms with E-state index >= 15 is 0 Å². The average Bonchev–Trinajstić information content (AvgIpc) is 2.86. The first-order valence-electron chi connectivity index (χ1n) is 8.52. The van der Waals surface area contributed by atoms with Gasteiger partial charge < -0.3 is 10.6 Å². The van der Waals surface area contributed by atoms with Crippen LogP contribution in [-0.2, 0) is 15.1 Å². The van der Waals surface area contributed by atoms with Gasteiger partial charge in [-0.25, -0.2) is 4.79 Å². The van der Waals surface area contributed by atoms with Gasteiger partial charge in [0.25, 0.3) is 5.91 Å². The summed E-state index contributed by atoms with van der Waals surface area (Å²) in [6, 6.07) is 12.4. The molecule has 1 heterocycles. The molecule has 2 aromatic carbocycles. The van der Waals surface area contributed by atoms with Gasteiger partial charge in [-0.2, -0.15) is 0 Å². The normalized spacial score (nSPS) is 18.8. The molecule has 3 rings (SSSR count). The van der Waals surface area contributed by atoms with Crippen LogP contribution in [0.15, 0.2) is 48.5 Å². The van der Waals surface area contributed by atoms with E-state index in [2.05, 4.69) is 10.6 Å². The molecule has 0 aliphatic carbocycles. The number of rotatable bonds is 5. The Morgan fingerprint density at radius 3 is 2.36 bits per heavy atom. The fourth-order valence-electron chi connectivity index (χ4n) is 3.02. The van der Waals surface area contributed by atoms with Crippen molar-refractivity contribution in [1.29, 1.82) is 0 Å². The molecule has 1 aliphatic rings. The number of carbonyl (C=O) groups is 4. The van der Waals surface area contributed by atoms with Crippen molar-refractivity contribution in [3.8, 4) is 0 Å². The summed E-state index contributed by atoms with van der Waals surface area (Å²) in [5, 5.41) is 5.56. The minimum absolute atomic E-state index is 0.0870. The van der Waals surface area contributed by atoms with Crippen LogP contribution in [0.5, 0.6) is 0 Å². The van der Waals surface area contributed by atoms with Crippen LogP contribution in [0.25, 0.3) is 0 Å². The van der Waals surface area contributed by atoms with Gasteiger partial charge in [-0.1, -0.05) is 29.8 Å². The summed E-state index contributed by atoms with van der Waals surface area (Å²) in [5.41, 5.74) is 0.0787. The van der Waals surface area contributed by atoms with Crippen molar-refractivity contribution >= 4 is 40.9 Å². The molecule has 7 nitrogen and oxygen atoms in total. The highest BCUT2D eigenvalue weighted by molar-refractivity contribution is 6.32. The summed E-state index contributed by atoms with van der Waals surface area (Å²) in [6.07, 6.45) is 0. The molecule has 144 valence electrons. The summed E-state index contributed by atoms with van der Waals surface area (Å²) in [7, 11) is 0. The van der Waals surface area contributed by atoms with E-state index in [4.69, 9.17) is 11.6 Å². The first-order valence-corrected chi connectivity index (χ1v) is 8.90. The predicted molar refractivity (Wildman–Crippen MR) is 104 cm³/mol. The number of ketones is 1. The Kier molecular flexibility index (Phi) is 5.20. The number of Topliss-reactive ketones (excluding diaryl/α,β-unsaturated/α-hetero) is 1. The van der Waals surface area contributed by atoms with E-state index in [9.17, 15) is 19.2 Å². The first-order chi connectivity index (χ1) is 13.2. The van der Waals surface area contributed by atoms with Crippen molar-refractivity contribution in [1.82, 2.24) is 10.2 Å². The highest BCUT2D eigenvalue weighted by Gasteiger charge is 2.50. The number of imide groups is 1. The van der Waals surface area contributed by atoms with Gasteiger partial charge >= 0.3 is 6.03 Å². The van der Waals surface area contributed by atoms with Gasteiger partial charge in [0.05, 0.1) is 0 Å². The zero-order valence-electron chi connectivity index (χ0n) is 15.3. The lowest BCUT2D eigenvalue weighted by Crippen LogP contribution is -2.42. The molecule has 1 aliphatic heterocycles. The second-order valence-corrected chi connectivity index (χ2v) is 7.02. The van der Waals surface area contributed by atoms with E-state index in [0.29, 0.717) is 21.8 Å². The van der Waals surface area contributed by atoms with Gasteiger partial charge in [-0.15, -0.1) is 0 Å². The molecule has 0 radical (unpaired) electrons. The van der Waals surface area contributed by atoms with Crippen molar-refractivity contribution in [2.45, 2.75) is 19.4 Å². The van der Waals surface area contributed by atoms with Crippen LogP contribution in [0.1, 0.15) is 29.8 Å². The third kappa shape index (κ3) is 3.61. The fourth-order valence-corrected chi connectivity index (χ4v) is 3.35. The quantitative estimate of drug-likeness (QED) is 0.596. The first kappa shape index (κ1) is 19.6. The van der Waals surface area contributed by atoms with Crippen molar-refractivity contribution in [3.05, 3.63) is 64.7 Å². The van der Waals surface area contributed by atoms with Gasteiger partial charge in [0.1, 0.15) is 12.1 Å². The van der Waals surface area contributed by atoms with Gasteiger partial charge in [0.2, 0.25) is 5.91 Å². The van der Waals surface area contributed by atoms with E-state index < -0.39 is 29.9 Å². The lowest BCUT2D eigenvalue weighted by molar-refractivity contribution is -0.133. The Morgan fingerprint density at radius 2 is 1.75 bits per heavy atom. The molecule has 1 atom stereocenters. The summed E-state index contributed by atoms with van der Waals surface area (Å²) in [4.78, 5) is 49.7. The van der Waals surface area contributed by atoms with E-state index in [1.165, 1.54) is 6.92 Å². The number of urea groups is 1. The van der Waals surface area contributed by atoms with Gasteiger partial charge in [-0.3, -0.25) is 19.3 Å². The number of hydrogen-bond donors (Lipinski definition) is 2. The van der Waals surface area contributed by atoms with Gasteiger partial charge in [0.15, 0.2) is 5.78 Å². The van der Waals surface area contributed by atoms with E-state index in [0.717, 1.165) is 4.90 Å². The molecule has 0 aromatic heterocycles. The molecule has 2 N–H and O–H groups in total. The third-order valence-electron chi connectivity index (χ3n) is 4.56. The number of halogens is 1. The summed E-state index contributed by atoms with van der Waals surface area (Å²) >= 11 is 6.18. The third-order valence-corrected chi connectivity index (χ3v) is 4.89. The van der Waals surface area contributed by atoms with Crippen molar-refractivity contribution in [2.24, 2.45) is 0 Å². The van der Waals surface area contributed by atoms with Crippen LogP contribution < -0.4 is 10.6 Å². The molecule has 0 saturated carbocycles. The Hall–Kier alpha value is -3.19. The lowest BCUT2D eigenvalue weighted by Gasteiger charge is -2.23. The van der Waals surface area contributed by atoms with Gasteiger partial charge in [0, 0.05) is 21.8 Å². The second-order valence-electron chi connectivity index (χ2n) is 6.61. The minimum atomic E-state index is -1.35. The zero-order valence-corrected chi connectivity index (χ0v) is 16.0. The standard InChI is InChI=1S/C20H18ClN3O4/c1-12(25)13-7-9-14(10-8-13)22-17(26)11-24-18(27)20(2,23-19(24)28)15-5-3-4-6-16(15)21/h3-10H,11H2,1-2H3,(H,22,26)(H,23,28)/t20-/m0/s1. The van der Waals surface area contributed by atoms with Crippen LogP contribution >= 0.6 is 11.6 Å². The molecule has 1 saturated heterocycles. The SMILES string of the molecule is CC(=O)c1ccc(NC(=O)CN2C(=O)N[C@@](C)(c3ccccc3Cl)C2=O)cc1. The second kappa shape index (κ2) is 7.44. The largest absolute Gasteiger partial charge is 0.325 e. The molecular formula is C20H18ClN3O4. The summed E-state index contributed by atoms with van der Waals surface area (Å²) in [6.45, 7) is 2.55. The molecule has 0 unspecified atom stereocenters. The fraction of sp³-hybridized carbons (Fsp3) is 0.200. The highest BCUT2D eigenvalue weighted by Crippen LogP contribution is 2.33. The molecule has 0 spiro atoms. The van der Waals surface area contributed by atoms with Crippen LogP contribution in [0.2, 0.25) is 5.02 Å². The van der Waals surface area contributed by atoms with Crippen molar-refractivity contribution in [3.63, 3.8) is 0 Å². The van der Waals surface area contributed by atoms with Crippen molar-refractivity contribution < 1.29 is 19.2 Å². The number of benzene rings is 2. The van der Waals surface area contributed by atoms with E-state index in [1.807, 2.05) is 0 Å². The Morgan fingerprint density at radius 1 is 1.11 bits per heavy atom. The molecule has 4 amide bonds. The van der Waals surface area contributed by atoms with Crippen LogP contribution in [0, 0.1) is 0 Å². The van der Waals surface area contributed by atoms with E-state index in [1.54, 1.807) is 55.5 Å². The van der Waals surface area contributed by atoms with Crippen LogP contribution in [-0.4, -0.2) is 35.1 Å². The Balaban J connectivity index is 1.73. The Bertz CT molecular complexity index is 974. The number of anilines is 1. The van der Waals surface area contributed by atoms with Crippen LogP contribution in [0.4, 0.5) is 10.5 Å². The monoisotopic (exact) mass is 399 g/mol. The van der Waals surface area contributed by atoms with E-state index in [-0.39, 0.29) is 5.78 Å². The number of amides is 4. The maximum atomic E-state index is 12.9. The highest BCUT2D eigenvalue weighted by atomic mass is 35.5. The molecular weight excluding hydrogens is 382 g/mol. The molecule has 0 bridgehead atoms. The van der Waals surface area contributed by atoms with Gasteiger partial charge in [-0.05, 0) is 44.2 Å². The topological polar surface area (TPSA) is 95.6 Å². The lowest BCUT2D eigenvalue weighted by atomic mass is 9.92. The number of nitrogens with one attached hydrogen (secondary N) is 2. The van der Waals surface area contributed by atoms with Crippen molar-refractivity contribution in [2.75, 3.05) is 11.9 Å². The van der Waals surface area contributed by atoms with Crippen LogP contribution in [0.3, 0.4) is 0 Å². The summed E-state index contributed by atoms with van der Waals surface area (Å²) in [5.74, 6) is -1.19. The maximum Gasteiger partial charge on any atom is 0.325 e. The number of hydrogen-bond acceptors (Lipinski definition) is 4. The molecule has 2 aromatic rings. The zero-order chi connectivity index (χ0) is 20.5. The molecule has 28 heavy (non-hydrogen) atoms. The minimum Gasteiger partial charge on any atom is -0.325 e. The average molecular weight is 400 g/mol. The number of carbonyl (C=O) groups excluding carboxylic acids is 4. The predicted octanol–water partition coefficient (Wildman–Crippen LogP) is 2.95. The Labute approximate surface area is 166 Å².